The molecule has 1 aromatic rings. The van der Waals surface area contributed by atoms with E-state index in [1.54, 1.807) is 19.1 Å². The molecule has 20 heavy (non-hydrogen) atoms. The Morgan fingerprint density at radius 2 is 2.00 bits per heavy atom. The number of benzene rings is 1. The minimum absolute atomic E-state index is 0.0657. The van der Waals surface area contributed by atoms with E-state index in [1.165, 1.54) is 6.07 Å². The van der Waals surface area contributed by atoms with Crippen LogP contribution in [0.3, 0.4) is 0 Å². The third-order valence-corrected chi connectivity index (χ3v) is 5.27. The van der Waals surface area contributed by atoms with Gasteiger partial charge in [-0.05, 0) is 43.9 Å². The molecule has 1 aromatic carbocycles. The van der Waals surface area contributed by atoms with Crippen molar-refractivity contribution in [3.8, 4) is 0 Å². The number of hydrogen-bond acceptors (Lipinski definition) is 4. The summed E-state index contributed by atoms with van der Waals surface area (Å²) in [6, 6.07) is 4.78. The van der Waals surface area contributed by atoms with Crippen LogP contribution in [-0.2, 0) is 16.4 Å². The lowest BCUT2D eigenvalue weighted by Gasteiger charge is -2.28. The number of sulfonamides is 1. The lowest BCUT2D eigenvalue weighted by atomic mass is 9.97. The molecule has 6 heteroatoms. The SMILES string of the molecule is CCc1ccc(S(=O)(=O)NC(C)(CC)CCO)cc1N. The highest BCUT2D eigenvalue weighted by Crippen LogP contribution is 2.22. The summed E-state index contributed by atoms with van der Waals surface area (Å²) in [7, 11) is -3.64. The second-order valence-corrected chi connectivity index (χ2v) is 6.89. The first-order valence-corrected chi connectivity index (χ1v) is 8.29. The van der Waals surface area contributed by atoms with E-state index in [0.29, 0.717) is 18.5 Å². The van der Waals surface area contributed by atoms with E-state index in [-0.39, 0.29) is 11.5 Å². The summed E-state index contributed by atoms with van der Waals surface area (Å²) in [6.07, 6.45) is 1.72. The van der Waals surface area contributed by atoms with Gasteiger partial charge >= 0.3 is 0 Å². The van der Waals surface area contributed by atoms with Gasteiger partial charge in [-0.25, -0.2) is 13.1 Å². The van der Waals surface area contributed by atoms with Gasteiger partial charge in [0, 0.05) is 17.8 Å². The first-order chi connectivity index (χ1) is 9.28. The summed E-state index contributed by atoms with van der Waals surface area (Å²) in [5, 5.41) is 9.06. The molecule has 0 aliphatic heterocycles. The Labute approximate surface area is 121 Å². The monoisotopic (exact) mass is 300 g/mol. The molecular weight excluding hydrogens is 276 g/mol. The van der Waals surface area contributed by atoms with Crippen LogP contribution in [0.5, 0.6) is 0 Å². The molecule has 1 unspecified atom stereocenters. The summed E-state index contributed by atoms with van der Waals surface area (Å²) in [5.74, 6) is 0. The average Bonchev–Trinajstić information content (AvgIpc) is 2.38. The van der Waals surface area contributed by atoms with Crippen molar-refractivity contribution in [3.63, 3.8) is 0 Å². The van der Waals surface area contributed by atoms with Crippen LogP contribution in [0.1, 0.15) is 39.2 Å². The quantitative estimate of drug-likeness (QED) is 0.668. The zero-order valence-corrected chi connectivity index (χ0v) is 13.1. The van der Waals surface area contributed by atoms with Crippen LogP contribution < -0.4 is 10.5 Å². The van der Waals surface area contributed by atoms with Gasteiger partial charge in [0.1, 0.15) is 0 Å². The fraction of sp³-hybridized carbons (Fsp3) is 0.571. The molecule has 0 radical (unpaired) electrons. The van der Waals surface area contributed by atoms with Gasteiger partial charge in [0.05, 0.1) is 4.90 Å². The van der Waals surface area contributed by atoms with Crippen LogP contribution in [0.25, 0.3) is 0 Å². The number of hydrogen-bond donors (Lipinski definition) is 3. The van der Waals surface area contributed by atoms with Gasteiger partial charge in [0.15, 0.2) is 0 Å². The first-order valence-electron chi connectivity index (χ1n) is 6.81. The van der Waals surface area contributed by atoms with Crippen LogP contribution in [0.2, 0.25) is 0 Å². The van der Waals surface area contributed by atoms with Gasteiger partial charge in [-0.2, -0.15) is 0 Å². The summed E-state index contributed by atoms with van der Waals surface area (Å²) >= 11 is 0. The summed E-state index contributed by atoms with van der Waals surface area (Å²) in [6.45, 7) is 5.56. The topological polar surface area (TPSA) is 92.4 Å². The normalized spacial score (nSPS) is 15.0. The van der Waals surface area contributed by atoms with E-state index in [9.17, 15) is 8.42 Å². The standard InChI is InChI=1S/C14H24N2O3S/c1-4-11-6-7-12(10-13(11)15)20(18,19)16-14(3,5-2)8-9-17/h6-7,10,16-17H,4-5,8-9,15H2,1-3H3. The average molecular weight is 300 g/mol. The lowest BCUT2D eigenvalue weighted by molar-refractivity contribution is 0.233. The van der Waals surface area contributed by atoms with Crippen molar-refractivity contribution in [3.05, 3.63) is 23.8 Å². The zero-order chi connectivity index (χ0) is 15.4. The van der Waals surface area contributed by atoms with Crippen molar-refractivity contribution in [2.45, 2.75) is 50.5 Å². The van der Waals surface area contributed by atoms with Gasteiger partial charge in [0.25, 0.3) is 0 Å². The van der Waals surface area contributed by atoms with Gasteiger partial charge < -0.3 is 10.8 Å². The maximum absolute atomic E-state index is 12.4. The van der Waals surface area contributed by atoms with Crippen molar-refractivity contribution in [1.82, 2.24) is 4.72 Å². The fourth-order valence-corrected chi connectivity index (χ4v) is 3.53. The van der Waals surface area contributed by atoms with Gasteiger partial charge in [-0.15, -0.1) is 0 Å². The molecule has 0 aliphatic carbocycles. The highest BCUT2D eigenvalue weighted by Gasteiger charge is 2.28. The molecule has 1 atom stereocenters. The molecule has 0 bridgehead atoms. The number of nitrogens with one attached hydrogen (secondary N) is 1. The third kappa shape index (κ3) is 3.94. The summed E-state index contributed by atoms with van der Waals surface area (Å²) in [4.78, 5) is 0.157. The number of aliphatic hydroxyl groups excluding tert-OH is 1. The van der Waals surface area contributed by atoms with E-state index >= 15 is 0 Å². The molecule has 0 saturated heterocycles. The van der Waals surface area contributed by atoms with Crippen molar-refractivity contribution >= 4 is 15.7 Å². The smallest absolute Gasteiger partial charge is 0.241 e. The number of rotatable bonds is 7. The minimum Gasteiger partial charge on any atom is -0.398 e. The second-order valence-electron chi connectivity index (χ2n) is 5.21. The molecule has 4 N–H and O–H groups in total. The largest absolute Gasteiger partial charge is 0.398 e. The van der Waals surface area contributed by atoms with E-state index in [2.05, 4.69) is 4.72 Å². The molecule has 1 rings (SSSR count). The fourth-order valence-electron chi connectivity index (χ4n) is 1.99. The van der Waals surface area contributed by atoms with Crippen molar-refractivity contribution < 1.29 is 13.5 Å². The number of anilines is 1. The number of nitrogens with two attached hydrogens (primary N) is 1. The highest BCUT2D eigenvalue weighted by atomic mass is 32.2. The van der Waals surface area contributed by atoms with Gasteiger partial charge in [-0.3, -0.25) is 0 Å². The Kier molecular flexibility index (Phi) is 5.56. The van der Waals surface area contributed by atoms with Crippen LogP contribution in [0, 0.1) is 0 Å². The number of nitrogen functional groups attached to an aromatic ring is 1. The second kappa shape index (κ2) is 6.56. The molecular formula is C14H24N2O3S. The maximum Gasteiger partial charge on any atom is 0.241 e. The van der Waals surface area contributed by atoms with Crippen LogP contribution in [0.4, 0.5) is 5.69 Å². The number of aliphatic hydroxyl groups is 1. The lowest BCUT2D eigenvalue weighted by Crippen LogP contribution is -2.46. The molecule has 5 nitrogen and oxygen atoms in total. The third-order valence-electron chi connectivity index (χ3n) is 3.63. The molecule has 0 amide bonds. The Morgan fingerprint density at radius 1 is 1.35 bits per heavy atom. The van der Waals surface area contributed by atoms with E-state index in [4.69, 9.17) is 10.8 Å². The molecule has 0 saturated carbocycles. The van der Waals surface area contributed by atoms with E-state index in [1.807, 2.05) is 13.8 Å². The Bertz CT molecular complexity index is 558. The Hall–Kier alpha value is -1.11. The van der Waals surface area contributed by atoms with Crippen LogP contribution in [-0.4, -0.2) is 25.7 Å². The van der Waals surface area contributed by atoms with E-state index in [0.717, 1.165) is 12.0 Å². The van der Waals surface area contributed by atoms with Gasteiger partial charge in [-0.1, -0.05) is 19.9 Å². The van der Waals surface area contributed by atoms with E-state index < -0.39 is 15.6 Å². The predicted molar refractivity (Wildman–Crippen MR) is 81.0 cm³/mol. The number of aryl methyl sites for hydroxylation is 1. The van der Waals surface area contributed by atoms with Crippen LogP contribution >= 0.6 is 0 Å². The zero-order valence-electron chi connectivity index (χ0n) is 12.3. The Balaban J connectivity index is 3.08. The van der Waals surface area contributed by atoms with Crippen molar-refractivity contribution in [2.24, 2.45) is 0 Å². The maximum atomic E-state index is 12.4. The first kappa shape index (κ1) is 16.9. The Morgan fingerprint density at radius 3 is 2.45 bits per heavy atom. The molecule has 0 aromatic heterocycles. The summed E-state index contributed by atoms with van der Waals surface area (Å²) < 4.78 is 27.4. The molecule has 0 aliphatic rings. The van der Waals surface area contributed by atoms with Crippen LogP contribution in [0.15, 0.2) is 23.1 Å². The summed E-state index contributed by atoms with van der Waals surface area (Å²) in [5.41, 5.74) is 6.60. The van der Waals surface area contributed by atoms with Gasteiger partial charge in [0.2, 0.25) is 10.0 Å². The molecule has 0 heterocycles. The predicted octanol–water partition coefficient (Wildman–Crippen LogP) is 1.66. The minimum atomic E-state index is -3.64. The molecule has 0 fully saturated rings. The highest BCUT2D eigenvalue weighted by molar-refractivity contribution is 7.89. The van der Waals surface area contributed by atoms with Crippen molar-refractivity contribution in [1.29, 1.82) is 0 Å². The molecule has 114 valence electrons. The molecule has 0 spiro atoms. The van der Waals surface area contributed by atoms with Crippen molar-refractivity contribution in [2.75, 3.05) is 12.3 Å².